The van der Waals surface area contributed by atoms with E-state index in [0.29, 0.717) is 31.0 Å². The zero-order chi connectivity index (χ0) is 18.5. The van der Waals surface area contributed by atoms with E-state index in [1.54, 1.807) is 17.8 Å². The smallest absolute Gasteiger partial charge is 0.224 e. The van der Waals surface area contributed by atoms with Crippen LogP contribution >= 0.6 is 0 Å². The number of nitrogens with zero attached hydrogens (tertiary/aromatic N) is 3. The van der Waals surface area contributed by atoms with Crippen LogP contribution in [-0.2, 0) is 4.79 Å². The number of hydrogen-bond donors (Lipinski definition) is 1. The third kappa shape index (κ3) is 4.30. The third-order valence-electron chi connectivity index (χ3n) is 3.88. The highest BCUT2D eigenvalue weighted by molar-refractivity contribution is 5.90. The van der Waals surface area contributed by atoms with Crippen molar-refractivity contribution in [1.82, 2.24) is 14.6 Å². The lowest BCUT2D eigenvalue weighted by molar-refractivity contribution is -0.116. The van der Waals surface area contributed by atoms with Gasteiger partial charge in [0.25, 0.3) is 0 Å². The molecule has 0 aliphatic carbocycles. The second-order valence-electron chi connectivity index (χ2n) is 6.01. The van der Waals surface area contributed by atoms with Gasteiger partial charge in [-0.2, -0.15) is 5.10 Å². The van der Waals surface area contributed by atoms with Crippen LogP contribution in [0.3, 0.4) is 0 Å². The fraction of sp³-hybridized carbons (Fsp3) is 0.316. The Hall–Kier alpha value is -3.09. The Bertz CT molecular complexity index is 903. The van der Waals surface area contributed by atoms with Crippen LogP contribution in [0.15, 0.2) is 36.5 Å². The van der Waals surface area contributed by atoms with Crippen molar-refractivity contribution >= 4 is 17.2 Å². The van der Waals surface area contributed by atoms with E-state index >= 15 is 0 Å². The van der Waals surface area contributed by atoms with Crippen LogP contribution in [0.5, 0.6) is 11.5 Å². The zero-order valence-electron chi connectivity index (χ0n) is 15.2. The molecular weight excluding hydrogens is 332 g/mol. The number of rotatable bonds is 7. The highest BCUT2D eigenvalue weighted by atomic mass is 16.5. The molecule has 1 N–H and O–H groups in total. The van der Waals surface area contributed by atoms with Crippen molar-refractivity contribution in [2.24, 2.45) is 0 Å². The van der Waals surface area contributed by atoms with E-state index in [1.165, 1.54) is 0 Å². The number of aromatic nitrogens is 3. The van der Waals surface area contributed by atoms with Gasteiger partial charge in [0.2, 0.25) is 5.91 Å². The number of amides is 1. The van der Waals surface area contributed by atoms with Crippen molar-refractivity contribution in [3.8, 4) is 11.5 Å². The molecular formula is C19H22N4O3. The number of ether oxygens (including phenoxy) is 2. The molecule has 0 aliphatic rings. The van der Waals surface area contributed by atoms with Crippen LogP contribution in [-0.4, -0.2) is 34.2 Å². The molecule has 3 aromatic rings. The normalized spacial score (nSPS) is 10.7. The van der Waals surface area contributed by atoms with E-state index < -0.39 is 0 Å². The Morgan fingerprint density at radius 3 is 2.65 bits per heavy atom. The summed E-state index contributed by atoms with van der Waals surface area (Å²) in [6.07, 6.45) is 2.78. The summed E-state index contributed by atoms with van der Waals surface area (Å²) in [5, 5.41) is 7.19. The average molecular weight is 354 g/mol. The summed E-state index contributed by atoms with van der Waals surface area (Å²) in [6, 6.07) is 9.27. The van der Waals surface area contributed by atoms with Gasteiger partial charge in [0.15, 0.2) is 5.65 Å². The summed E-state index contributed by atoms with van der Waals surface area (Å²) >= 11 is 0. The van der Waals surface area contributed by atoms with Crippen LogP contribution in [0.25, 0.3) is 5.65 Å². The molecule has 0 spiro atoms. The van der Waals surface area contributed by atoms with Gasteiger partial charge in [-0.1, -0.05) is 0 Å². The average Bonchev–Trinajstić information content (AvgIpc) is 3.00. The Morgan fingerprint density at radius 1 is 1.19 bits per heavy atom. The molecule has 0 saturated heterocycles. The predicted octanol–water partition coefficient (Wildman–Crippen LogP) is 3.15. The van der Waals surface area contributed by atoms with Gasteiger partial charge < -0.3 is 14.8 Å². The van der Waals surface area contributed by atoms with Crippen molar-refractivity contribution in [2.75, 3.05) is 19.0 Å². The molecule has 3 rings (SSSR count). The number of aryl methyl sites for hydroxylation is 2. The SMILES string of the molecule is COc1ccc(OCCCC(=O)Nc2cc(C)c3nc(C)nn3c2)cc1. The lowest BCUT2D eigenvalue weighted by Gasteiger charge is -2.08. The minimum absolute atomic E-state index is 0.0566. The number of methoxy groups -OCH3 is 1. The van der Waals surface area contributed by atoms with Crippen molar-refractivity contribution < 1.29 is 14.3 Å². The molecule has 2 aromatic heterocycles. The van der Waals surface area contributed by atoms with Crippen molar-refractivity contribution in [1.29, 1.82) is 0 Å². The first-order chi connectivity index (χ1) is 12.5. The third-order valence-corrected chi connectivity index (χ3v) is 3.88. The monoisotopic (exact) mass is 354 g/mol. The summed E-state index contributed by atoms with van der Waals surface area (Å²) in [4.78, 5) is 16.5. The standard InChI is InChI=1S/C19H22N4O3/c1-13-11-15(12-23-19(13)20-14(2)22-23)21-18(24)5-4-10-26-17-8-6-16(25-3)7-9-17/h6-9,11-12H,4-5,10H2,1-3H3,(H,21,24). The highest BCUT2D eigenvalue weighted by Gasteiger charge is 2.08. The molecule has 1 aromatic carbocycles. The Morgan fingerprint density at radius 2 is 1.92 bits per heavy atom. The first-order valence-corrected chi connectivity index (χ1v) is 8.45. The van der Waals surface area contributed by atoms with E-state index in [9.17, 15) is 4.79 Å². The quantitative estimate of drug-likeness (QED) is 0.660. The Labute approximate surface area is 152 Å². The molecule has 0 aliphatic heterocycles. The van der Waals surface area contributed by atoms with Gasteiger partial charge in [0.05, 0.1) is 25.6 Å². The molecule has 0 atom stereocenters. The van der Waals surface area contributed by atoms with Crippen molar-refractivity contribution in [2.45, 2.75) is 26.7 Å². The lowest BCUT2D eigenvalue weighted by atomic mass is 10.2. The number of pyridine rings is 1. The largest absolute Gasteiger partial charge is 0.497 e. The van der Waals surface area contributed by atoms with Crippen molar-refractivity contribution in [3.63, 3.8) is 0 Å². The predicted molar refractivity (Wildman–Crippen MR) is 98.8 cm³/mol. The van der Waals surface area contributed by atoms with E-state index in [4.69, 9.17) is 9.47 Å². The molecule has 2 heterocycles. The summed E-state index contributed by atoms with van der Waals surface area (Å²) in [5.41, 5.74) is 2.47. The fourth-order valence-corrected chi connectivity index (χ4v) is 2.64. The molecule has 1 amide bonds. The van der Waals surface area contributed by atoms with E-state index in [-0.39, 0.29) is 5.91 Å². The summed E-state index contributed by atoms with van der Waals surface area (Å²) in [7, 11) is 1.62. The van der Waals surface area contributed by atoms with Gasteiger partial charge in [0, 0.05) is 6.42 Å². The van der Waals surface area contributed by atoms with E-state index in [1.807, 2.05) is 44.2 Å². The number of benzene rings is 1. The molecule has 26 heavy (non-hydrogen) atoms. The van der Waals surface area contributed by atoms with Gasteiger partial charge >= 0.3 is 0 Å². The fourth-order valence-electron chi connectivity index (χ4n) is 2.64. The summed E-state index contributed by atoms with van der Waals surface area (Å²) in [6.45, 7) is 4.26. The first-order valence-electron chi connectivity index (χ1n) is 8.45. The van der Waals surface area contributed by atoms with Crippen molar-refractivity contribution in [3.05, 3.63) is 47.9 Å². The molecule has 0 unspecified atom stereocenters. The van der Waals surface area contributed by atoms with Crippen LogP contribution in [0.2, 0.25) is 0 Å². The Balaban J connectivity index is 1.48. The summed E-state index contributed by atoms with van der Waals surface area (Å²) < 4.78 is 12.4. The van der Waals surface area contributed by atoms with Gasteiger partial charge in [0.1, 0.15) is 17.3 Å². The molecule has 7 nitrogen and oxygen atoms in total. The Kier molecular flexibility index (Phi) is 5.36. The van der Waals surface area contributed by atoms with Crippen LogP contribution in [0, 0.1) is 13.8 Å². The molecule has 136 valence electrons. The number of anilines is 1. The van der Waals surface area contributed by atoms with Gasteiger partial charge in [-0.15, -0.1) is 0 Å². The number of carbonyl (C=O) groups excluding carboxylic acids is 1. The van der Waals surface area contributed by atoms with Crippen LogP contribution in [0.1, 0.15) is 24.2 Å². The second-order valence-corrected chi connectivity index (χ2v) is 6.01. The molecule has 0 radical (unpaired) electrons. The zero-order valence-corrected chi connectivity index (χ0v) is 15.2. The molecule has 7 heteroatoms. The van der Waals surface area contributed by atoms with Crippen LogP contribution < -0.4 is 14.8 Å². The van der Waals surface area contributed by atoms with Gasteiger partial charge in [-0.25, -0.2) is 9.50 Å². The van der Waals surface area contributed by atoms with Crippen LogP contribution in [0.4, 0.5) is 5.69 Å². The topological polar surface area (TPSA) is 77.8 Å². The molecule has 0 fully saturated rings. The maximum absolute atomic E-state index is 12.1. The maximum atomic E-state index is 12.1. The molecule has 0 bridgehead atoms. The highest BCUT2D eigenvalue weighted by Crippen LogP contribution is 2.18. The van der Waals surface area contributed by atoms with E-state index in [2.05, 4.69) is 15.4 Å². The number of carbonyl (C=O) groups is 1. The van der Waals surface area contributed by atoms with E-state index in [0.717, 1.165) is 22.7 Å². The number of fused-ring (bicyclic) bond motifs is 1. The molecule has 0 saturated carbocycles. The maximum Gasteiger partial charge on any atom is 0.224 e. The minimum atomic E-state index is -0.0566. The lowest BCUT2D eigenvalue weighted by Crippen LogP contribution is -2.13. The minimum Gasteiger partial charge on any atom is -0.497 e. The first kappa shape index (κ1) is 17.7. The van der Waals surface area contributed by atoms with Gasteiger partial charge in [-0.3, -0.25) is 4.79 Å². The number of nitrogens with one attached hydrogen (secondary N) is 1. The number of hydrogen-bond acceptors (Lipinski definition) is 5. The second kappa shape index (κ2) is 7.86. The van der Waals surface area contributed by atoms with Gasteiger partial charge in [-0.05, 0) is 56.2 Å². The summed E-state index contributed by atoms with van der Waals surface area (Å²) in [5.74, 6) is 2.19.